The van der Waals surface area contributed by atoms with Gasteiger partial charge >= 0.3 is 0 Å². The molecule has 0 saturated carbocycles. The molecule has 0 aromatic heterocycles. The highest BCUT2D eigenvalue weighted by molar-refractivity contribution is 5.82. The van der Waals surface area contributed by atoms with Crippen LogP contribution in [-0.4, -0.2) is 4.70 Å². The Morgan fingerprint density at radius 1 is 0.528 bits per heavy atom. The Morgan fingerprint density at radius 2 is 1.06 bits per heavy atom. The monoisotopic (exact) mass is 484 g/mol. The fourth-order valence-corrected chi connectivity index (χ4v) is 5.35. The van der Waals surface area contributed by atoms with Crippen molar-refractivity contribution in [2.24, 2.45) is 0 Å². The molecule has 2 aromatic rings. The number of benzene rings is 2. The third-order valence-corrected chi connectivity index (χ3v) is 7.49. The van der Waals surface area contributed by atoms with Crippen LogP contribution in [0.5, 0.6) is 0 Å². The maximum atomic E-state index is 11.8. The van der Waals surface area contributed by atoms with Gasteiger partial charge in [0.15, 0.2) is 0 Å². The third-order valence-electron chi connectivity index (χ3n) is 7.49. The molecule has 0 atom stereocenters. The summed E-state index contributed by atoms with van der Waals surface area (Å²) in [6.45, 7) is 9.03. The minimum Gasteiger partial charge on any atom is -0.493 e. The Labute approximate surface area is 221 Å². The van der Waals surface area contributed by atoms with Crippen LogP contribution in [0.15, 0.2) is 59.7 Å². The minimum absolute atomic E-state index is 1.00. The van der Waals surface area contributed by atoms with Crippen LogP contribution in [0.25, 0.3) is 16.9 Å². The summed E-state index contributed by atoms with van der Waals surface area (Å²) >= 11 is 0. The maximum absolute atomic E-state index is 11.8. The van der Waals surface area contributed by atoms with E-state index in [-0.39, 0.29) is 0 Å². The molecule has 1 aliphatic rings. The smallest absolute Gasteiger partial charge is 0.211 e. The highest BCUT2D eigenvalue weighted by Gasteiger charge is 2.35. The van der Waals surface area contributed by atoms with E-state index in [1.165, 1.54) is 71.9 Å². The summed E-state index contributed by atoms with van der Waals surface area (Å²) in [7, 11) is 0. The van der Waals surface area contributed by atoms with Gasteiger partial charge in [-0.3, -0.25) is 0 Å². The molecule has 36 heavy (non-hydrogen) atoms. The zero-order valence-corrected chi connectivity index (χ0v) is 23.4. The van der Waals surface area contributed by atoms with E-state index >= 15 is 0 Å². The van der Waals surface area contributed by atoms with E-state index in [1.54, 1.807) is 0 Å². The van der Waals surface area contributed by atoms with Gasteiger partial charge in [-0.1, -0.05) is 90.5 Å². The first-order chi connectivity index (χ1) is 17.6. The van der Waals surface area contributed by atoms with Crippen molar-refractivity contribution in [3.63, 3.8) is 0 Å². The first kappa shape index (κ1) is 28.1. The van der Waals surface area contributed by atoms with Crippen molar-refractivity contribution in [3.8, 4) is 0 Å². The Kier molecular flexibility index (Phi) is 11.7. The van der Waals surface area contributed by atoms with E-state index in [4.69, 9.17) is 0 Å². The van der Waals surface area contributed by atoms with Crippen molar-refractivity contribution in [2.45, 2.75) is 118 Å². The predicted octanol–water partition coefficient (Wildman–Crippen LogP) is 10.7. The molecule has 1 aliphatic heterocycles. The molecule has 3 rings (SSSR count). The van der Waals surface area contributed by atoms with Crippen molar-refractivity contribution in [1.82, 2.24) is 0 Å². The number of hydrogen-bond acceptors (Lipinski definition) is 0. The van der Waals surface area contributed by atoms with Crippen molar-refractivity contribution in [2.75, 3.05) is 0 Å². The second-order valence-corrected chi connectivity index (χ2v) is 10.5. The topological polar surface area (TPSA) is 25.3 Å². The summed E-state index contributed by atoms with van der Waals surface area (Å²) < 4.78 is 1.54. The van der Waals surface area contributed by atoms with Crippen LogP contribution >= 0.6 is 0 Å². The Hall–Kier alpha value is -2.48. The molecule has 2 aromatic carbocycles. The molecule has 0 aliphatic carbocycles. The number of allylic oxidation sites excluding steroid dienone is 2. The molecule has 0 fully saturated rings. The molecule has 0 radical (unpaired) electrons. The molecular weight excluding hydrogens is 436 g/mol. The lowest BCUT2D eigenvalue weighted by molar-refractivity contribution is -0.345. The molecular formula is C34H48N2. The summed E-state index contributed by atoms with van der Waals surface area (Å²) in [6.07, 6.45) is 16.3. The second kappa shape index (κ2) is 14.9. The van der Waals surface area contributed by atoms with Gasteiger partial charge in [-0.05, 0) is 86.8 Å². The molecule has 0 spiro atoms. The van der Waals surface area contributed by atoms with Crippen LogP contribution in [0.2, 0.25) is 0 Å². The Bertz CT molecular complexity index is 1040. The second-order valence-electron chi connectivity index (χ2n) is 10.5. The van der Waals surface area contributed by atoms with E-state index in [2.05, 4.69) is 76.2 Å². The van der Waals surface area contributed by atoms with Crippen molar-refractivity contribution in [1.29, 1.82) is 0 Å². The lowest BCUT2D eigenvalue weighted by atomic mass is 9.91. The van der Waals surface area contributed by atoms with Gasteiger partial charge < -0.3 is 5.53 Å². The molecule has 0 bridgehead atoms. The summed E-state index contributed by atoms with van der Waals surface area (Å²) in [5.41, 5.74) is 21.5. The molecule has 1 heterocycles. The lowest BCUT2D eigenvalue weighted by Crippen LogP contribution is -2.03. The van der Waals surface area contributed by atoms with Gasteiger partial charge in [0, 0.05) is 22.3 Å². The van der Waals surface area contributed by atoms with Crippen LogP contribution in [0.1, 0.15) is 127 Å². The van der Waals surface area contributed by atoms with Crippen molar-refractivity contribution < 1.29 is 4.70 Å². The number of rotatable bonds is 16. The summed E-state index contributed by atoms with van der Waals surface area (Å²) in [5.74, 6) is 0. The quantitative estimate of drug-likeness (QED) is 0.167. The van der Waals surface area contributed by atoms with E-state index in [0.717, 1.165) is 67.5 Å². The number of hydrogen-bond donors (Lipinski definition) is 0. The third kappa shape index (κ3) is 7.28. The van der Waals surface area contributed by atoms with Gasteiger partial charge in [-0.25, -0.2) is 4.70 Å². The van der Waals surface area contributed by atoms with Gasteiger partial charge in [-0.2, -0.15) is 0 Å². The maximum Gasteiger partial charge on any atom is 0.211 e. The van der Waals surface area contributed by atoms with Gasteiger partial charge in [0.2, 0.25) is 11.4 Å². The summed E-state index contributed by atoms with van der Waals surface area (Å²) in [5, 5.41) is 0. The Morgan fingerprint density at radius 3 is 1.69 bits per heavy atom. The minimum atomic E-state index is 1.00. The number of nitrogens with zero attached hydrogens (tertiary/aromatic N) is 2. The van der Waals surface area contributed by atoms with Crippen molar-refractivity contribution >= 4 is 11.4 Å². The molecule has 194 valence electrons. The Balaban J connectivity index is 2.03. The average molecular weight is 485 g/mol. The van der Waals surface area contributed by atoms with E-state index in [0.29, 0.717) is 0 Å². The summed E-state index contributed by atoms with van der Waals surface area (Å²) in [4.78, 5) is 0. The predicted molar refractivity (Wildman–Crippen MR) is 156 cm³/mol. The average Bonchev–Trinajstić information content (AvgIpc) is 3.17. The van der Waals surface area contributed by atoms with Crippen LogP contribution in [0.3, 0.4) is 0 Å². The van der Waals surface area contributed by atoms with Crippen LogP contribution < -0.4 is 0 Å². The van der Waals surface area contributed by atoms with E-state index in [9.17, 15) is 5.53 Å². The standard InChI is InChI=1S/C34H48N2/c1-5-9-13-17-27-22-24-29(25-23-27)33-31(20-12-8-4)32(21-14-10-6-2)34(36(33)35)30-19-15-18-28(26-30)16-11-7-3/h15,18-19,22-26H,5-14,16-17,20-21H2,1-4H3. The van der Waals surface area contributed by atoms with Gasteiger partial charge in [0.25, 0.3) is 0 Å². The van der Waals surface area contributed by atoms with Crippen LogP contribution in [-0.2, 0) is 12.8 Å². The molecule has 0 saturated heterocycles. The molecule has 2 nitrogen and oxygen atoms in total. The highest BCUT2D eigenvalue weighted by atomic mass is 15.2. The SMILES string of the molecule is CCCCCC1=C(c2cccc(CCCC)c2)[N+](=[N-])C(c2ccc(CCCCC)cc2)=C1CCCC. The highest BCUT2D eigenvalue weighted by Crippen LogP contribution is 2.44. The summed E-state index contributed by atoms with van der Waals surface area (Å²) in [6, 6.07) is 17.9. The van der Waals surface area contributed by atoms with E-state index < -0.39 is 0 Å². The van der Waals surface area contributed by atoms with Crippen LogP contribution in [0.4, 0.5) is 0 Å². The largest absolute Gasteiger partial charge is 0.493 e. The molecule has 0 N–H and O–H groups in total. The fraction of sp³-hybridized carbons (Fsp3) is 0.529. The van der Waals surface area contributed by atoms with Crippen molar-refractivity contribution in [3.05, 3.63) is 87.5 Å². The number of aryl methyl sites for hydroxylation is 2. The fourth-order valence-electron chi connectivity index (χ4n) is 5.35. The zero-order valence-electron chi connectivity index (χ0n) is 23.4. The normalized spacial score (nSPS) is 13.8. The van der Waals surface area contributed by atoms with Crippen LogP contribution in [0, 0.1) is 0 Å². The zero-order chi connectivity index (χ0) is 25.8. The molecule has 2 heteroatoms. The van der Waals surface area contributed by atoms with E-state index in [1.807, 2.05) is 0 Å². The first-order valence-electron chi connectivity index (χ1n) is 14.8. The van der Waals surface area contributed by atoms with Gasteiger partial charge in [-0.15, -0.1) is 0 Å². The van der Waals surface area contributed by atoms with Gasteiger partial charge in [0.05, 0.1) is 0 Å². The molecule has 0 unspecified atom stereocenters. The number of unbranched alkanes of at least 4 members (excludes halogenated alkanes) is 6. The first-order valence-corrected chi connectivity index (χ1v) is 14.8. The molecule has 0 amide bonds. The lowest BCUT2D eigenvalue weighted by Gasteiger charge is -2.11. The van der Waals surface area contributed by atoms with Gasteiger partial charge in [0.1, 0.15) is 0 Å².